The maximum absolute atomic E-state index is 15.0. The molecule has 0 aliphatic rings. The van der Waals surface area contributed by atoms with Crippen molar-refractivity contribution in [3.63, 3.8) is 0 Å². The molecule has 0 spiro atoms. The molecule has 2 aromatic rings. The predicted molar refractivity (Wildman–Crippen MR) is 94.9 cm³/mol. The van der Waals surface area contributed by atoms with E-state index in [1.807, 2.05) is 0 Å². The highest BCUT2D eigenvalue weighted by Crippen LogP contribution is 2.41. The highest BCUT2D eigenvalue weighted by atomic mass is 19.1. The molecule has 0 aliphatic heterocycles. The molecule has 2 rings (SSSR count). The number of methoxy groups -OCH3 is 1. The predicted octanol–water partition coefficient (Wildman–Crippen LogP) is 3.72. The summed E-state index contributed by atoms with van der Waals surface area (Å²) in [6.45, 7) is 4.84. The van der Waals surface area contributed by atoms with Crippen molar-refractivity contribution < 1.29 is 23.1 Å². The van der Waals surface area contributed by atoms with Gasteiger partial charge in [-0.3, -0.25) is 9.59 Å². The molecule has 0 atom stereocenters. The third-order valence-corrected chi connectivity index (χ3v) is 3.77. The van der Waals surface area contributed by atoms with E-state index < -0.39 is 51.4 Å². The van der Waals surface area contributed by atoms with Gasteiger partial charge in [0.2, 0.25) is 5.91 Å². The Kier molecular flexibility index (Phi) is 5.30. The Bertz CT molecular complexity index is 860. The summed E-state index contributed by atoms with van der Waals surface area (Å²) in [5.74, 6) is -4.36. The zero-order valence-electron chi connectivity index (χ0n) is 14.9. The van der Waals surface area contributed by atoms with Gasteiger partial charge in [-0.15, -0.1) is 0 Å². The van der Waals surface area contributed by atoms with Gasteiger partial charge >= 0.3 is 0 Å². The Morgan fingerprint density at radius 3 is 2.12 bits per heavy atom. The minimum atomic E-state index is -1.16. The fraction of sp³-hybridized carbons (Fsp3) is 0.263. The van der Waals surface area contributed by atoms with Gasteiger partial charge in [-0.25, -0.2) is 8.78 Å². The van der Waals surface area contributed by atoms with Crippen molar-refractivity contribution in [2.45, 2.75) is 20.8 Å². The topological polar surface area (TPSA) is 81.4 Å². The summed E-state index contributed by atoms with van der Waals surface area (Å²) in [5, 5.41) is 2.37. The minimum absolute atomic E-state index is 0.206. The Labute approximate surface area is 150 Å². The molecule has 0 aliphatic carbocycles. The molecule has 7 heteroatoms. The second-order valence-electron chi connectivity index (χ2n) is 6.72. The van der Waals surface area contributed by atoms with E-state index in [0.717, 1.165) is 7.11 Å². The third-order valence-electron chi connectivity index (χ3n) is 3.77. The molecule has 3 N–H and O–H groups in total. The smallest absolute Gasteiger partial charge is 0.253 e. The van der Waals surface area contributed by atoms with E-state index in [4.69, 9.17) is 10.5 Å². The summed E-state index contributed by atoms with van der Waals surface area (Å²) < 4.78 is 35.1. The van der Waals surface area contributed by atoms with Crippen LogP contribution in [0.5, 0.6) is 5.75 Å². The first-order chi connectivity index (χ1) is 12.1. The number of hydrogen-bond acceptors (Lipinski definition) is 3. The number of rotatable bonds is 4. The van der Waals surface area contributed by atoms with Crippen LogP contribution in [-0.4, -0.2) is 18.9 Å². The second kappa shape index (κ2) is 7.11. The maximum atomic E-state index is 15.0. The van der Waals surface area contributed by atoms with Crippen LogP contribution in [0.2, 0.25) is 0 Å². The van der Waals surface area contributed by atoms with Crippen LogP contribution in [0.15, 0.2) is 30.3 Å². The van der Waals surface area contributed by atoms with Crippen molar-refractivity contribution in [2.24, 2.45) is 11.1 Å². The quantitative estimate of drug-likeness (QED) is 0.870. The van der Waals surface area contributed by atoms with Gasteiger partial charge in [-0.05, 0) is 5.56 Å². The molecule has 0 fully saturated rings. The number of nitrogens with two attached hydrogens (primary N) is 1. The highest BCUT2D eigenvalue weighted by Gasteiger charge is 2.32. The van der Waals surface area contributed by atoms with E-state index in [0.29, 0.717) is 0 Å². The molecule has 138 valence electrons. The summed E-state index contributed by atoms with van der Waals surface area (Å²) in [6.07, 6.45) is 0. The molecule has 0 saturated carbocycles. The lowest BCUT2D eigenvalue weighted by atomic mass is 9.94. The van der Waals surface area contributed by atoms with Crippen LogP contribution >= 0.6 is 0 Å². The number of benzene rings is 2. The van der Waals surface area contributed by atoms with Crippen molar-refractivity contribution in [2.75, 3.05) is 12.4 Å². The number of carbonyl (C=O) groups excluding carboxylic acids is 2. The van der Waals surface area contributed by atoms with Gasteiger partial charge in [0.15, 0.2) is 11.6 Å². The lowest BCUT2D eigenvalue weighted by Crippen LogP contribution is -2.30. The molecule has 0 heterocycles. The first-order valence-corrected chi connectivity index (χ1v) is 7.85. The van der Waals surface area contributed by atoms with Gasteiger partial charge < -0.3 is 15.8 Å². The molecule has 5 nitrogen and oxygen atoms in total. The van der Waals surface area contributed by atoms with E-state index in [-0.39, 0.29) is 5.56 Å². The Balaban J connectivity index is 2.81. The van der Waals surface area contributed by atoms with Gasteiger partial charge in [0.1, 0.15) is 17.1 Å². The first-order valence-electron chi connectivity index (χ1n) is 7.85. The van der Waals surface area contributed by atoms with Gasteiger partial charge in [-0.1, -0.05) is 51.1 Å². The zero-order chi connectivity index (χ0) is 19.6. The summed E-state index contributed by atoms with van der Waals surface area (Å²) in [4.78, 5) is 24.2. The van der Waals surface area contributed by atoms with Crippen LogP contribution < -0.4 is 15.8 Å². The normalized spacial score (nSPS) is 11.2. The minimum Gasteiger partial charge on any atom is -0.492 e. The summed E-state index contributed by atoms with van der Waals surface area (Å²) in [5.41, 5.74) is 3.13. The molecule has 2 aromatic carbocycles. The molecule has 0 radical (unpaired) electrons. The summed E-state index contributed by atoms with van der Waals surface area (Å²) in [7, 11) is 1.16. The SMILES string of the molecule is COc1c(F)c(-c2ccccc2)c(F)c(C(N)=O)c1NC(=O)C(C)(C)C. The van der Waals surface area contributed by atoms with E-state index in [9.17, 15) is 9.59 Å². The standard InChI is InChI=1S/C19H20F2N2O3/c1-19(2,3)18(25)23-15-12(17(22)24)13(20)11(14(21)16(15)26-4)10-8-6-5-7-9-10/h5-9H,1-4H3,(H2,22,24)(H,23,25). The largest absolute Gasteiger partial charge is 0.492 e. The molecule has 0 unspecified atom stereocenters. The van der Waals surface area contributed by atoms with Crippen molar-refractivity contribution in [3.05, 3.63) is 47.5 Å². The van der Waals surface area contributed by atoms with E-state index in [1.54, 1.807) is 39.0 Å². The molecular weight excluding hydrogens is 342 g/mol. The Hall–Kier alpha value is -2.96. The lowest BCUT2D eigenvalue weighted by Gasteiger charge is -2.22. The average molecular weight is 362 g/mol. The Morgan fingerprint density at radius 1 is 1.08 bits per heavy atom. The van der Waals surface area contributed by atoms with Crippen LogP contribution in [-0.2, 0) is 4.79 Å². The van der Waals surface area contributed by atoms with Gasteiger partial charge in [-0.2, -0.15) is 0 Å². The lowest BCUT2D eigenvalue weighted by molar-refractivity contribution is -0.123. The third kappa shape index (κ3) is 3.51. The number of amides is 2. The first kappa shape index (κ1) is 19.4. The van der Waals surface area contributed by atoms with Crippen LogP contribution in [0.25, 0.3) is 11.1 Å². The second-order valence-corrected chi connectivity index (χ2v) is 6.72. The fourth-order valence-corrected chi connectivity index (χ4v) is 2.37. The van der Waals surface area contributed by atoms with Gasteiger partial charge in [0.25, 0.3) is 5.91 Å². The number of ether oxygens (including phenoxy) is 1. The zero-order valence-corrected chi connectivity index (χ0v) is 14.9. The van der Waals surface area contributed by atoms with Gasteiger partial charge in [0, 0.05) is 5.41 Å². The number of halogens is 2. The van der Waals surface area contributed by atoms with Crippen LogP contribution in [0.3, 0.4) is 0 Å². The monoisotopic (exact) mass is 362 g/mol. The van der Waals surface area contributed by atoms with Gasteiger partial charge in [0.05, 0.1) is 12.7 Å². The molecule has 26 heavy (non-hydrogen) atoms. The number of primary amides is 1. The highest BCUT2D eigenvalue weighted by molar-refractivity contribution is 6.07. The van der Waals surface area contributed by atoms with Crippen molar-refractivity contribution in [1.82, 2.24) is 0 Å². The number of carbonyl (C=O) groups is 2. The average Bonchev–Trinajstić information content (AvgIpc) is 2.54. The molecule has 0 bridgehead atoms. The summed E-state index contributed by atoms with van der Waals surface area (Å²) in [6, 6.07) is 7.85. The molecule has 0 aromatic heterocycles. The van der Waals surface area contributed by atoms with Crippen molar-refractivity contribution >= 4 is 17.5 Å². The van der Waals surface area contributed by atoms with Crippen molar-refractivity contribution in [1.29, 1.82) is 0 Å². The van der Waals surface area contributed by atoms with E-state index >= 15 is 8.78 Å². The fourth-order valence-electron chi connectivity index (χ4n) is 2.37. The molecular formula is C19H20F2N2O3. The summed E-state index contributed by atoms with van der Waals surface area (Å²) >= 11 is 0. The van der Waals surface area contributed by atoms with Crippen LogP contribution in [0.1, 0.15) is 31.1 Å². The van der Waals surface area contributed by atoms with E-state index in [2.05, 4.69) is 5.32 Å². The van der Waals surface area contributed by atoms with E-state index in [1.165, 1.54) is 12.1 Å². The van der Waals surface area contributed by atoms with Crippen LogP contribution in [0.4, 0.5) is 14.5 Å². The number of hydrogen-bond donors (Lipinski definition) is 2. The number of anilines is 1. The molecule has 0 saturated heterocycles. The Morgan fingerprint density at radius 2 is 1.65 bits per heavy atom. The number of nitrogens with one attached hydrogen (secondary N) is 1. The maximum Gasteiger partial charge on any atom is 0.253 e. The van der Waals surface area contributed by atoms with Crippen molar-refractivity contribution in [3.8, 4) is 16.9 Å². The van der Waals surface area contributed by atoms with Crippen LogP contribution in [0, 0.1) is 17.0 Å². The molecule has 2 amide bonds.